The van der Waals surface area contributed by atoms with E-state index in [0.717, 1.165) is 43.7 Å². The van der Waals surface area contributed by atoms with Gasteiger partial charge in [0.1, 0.15) is 0 Å². The summed E-state index contributed by atoms with van der Waals surface area (Å²) in [6.45, 7) is 10.1. The number of benzene rings is 1. The van der Waals surface area contributed by atoms with Gasteiger partial charge >= 0.3 is 0 Å². The van der Waals surface area contributed by atoms with Crippen LogP contribution in [0.5, 0.6) is 0 Å². The summed E-state index contributed by atoms with van der Waals surface area (Å²) in [7, 11) is 0. The van der Waals surface area contributed by atoms with Gasteiger partial charge in [0.25, 0.3) is 11.8 Å². The molecule has 0 amide bonds. The Bertz CT molecular complexity index is 888. The molecule has 0 saturated carbocycles. The Morgan fingerprint density at radius 1 is 0.963 bits per heavy atom. The Kier molecular flexibility index (Phi) is 4.65. The quantitative estimate of drug-likeness (QED) is 0.751. The molecule has 0 radical (unpaired) electrons. The summed E-state index contributed by atoms with van der Waals surface area (Å²) in [5.41, 5.74) is 1.86. The monoisotopic (exact) mass is 368 g/mol. The summed E-state index contributed by atoms with van der Waals surface area (Å²) in [5.74, 6) is 2.39. The lowest BCUT2D eigenvalue weighted by molar-refractivity contribution is 0.314. The summed E-state index contributed by atoms with van der Waals surface area (Å²) >= 11 is 0. The Hall–Kier alpha value is -2.74. The highest BCUT2D eigenvalue weighted by Crippen LogP contribution is 2.25. The summed E-state index contributed by atoms with van der Waals surface area (Å²) in [6.07, 6.45) is 0.745. The highest BCUT2D eigenvalue weighted by Gasteiger charge is 2.19. The van der Waals surface area contributed by atoms with E-state index < -0.39 is 0 Å². The van der Waals surface area contributed by atoms with Gasteiger partial charge in [0.05, 0.1) is 0 Å². The number of nitrogens with one attached hydrogen (secondary N) is 1. The van der Waals surface area contributed by atoms with Crippen LogP contribution in [0.15, 0.2) is 33.3 Å². The predicted molar refractivity (Wildman–Crippen MR) is 101 cm³/mol. The molecule has 1 fully saturated rings. The van der Waals surface area contributed by atoms with Crippen LogP contribution in [-0.2, 0) is 6.42 Å². The molecule has 0 atom stereocenters. The molecule has 1 N–H and O–H groups in total. The topological polar surface area (TPSA) is 93.1 Å². The molecule has 1 saturated heterocycles. The van der Waals surface area contributed by atoms with E-state index in [9.17, 15) is 0 Å². The van der Waals surface area contributed by atoms with Crippen LogP contribution in [0.4, 0.5) is 5.95 Å². The van der Waals surface area contributed by atoms with Crippen molar-refractivity contribution in [3.63, 3.8) is 0 Å². The molecule has 8 nitrogen and oxygen atoms in total. The fraction of sp³-hybridized carbons (Fsp3) is 0.474. The average molecular weight is 368 g/mol. The van der Waals surface area contributed by atoms with Crippen molar-refractivity contribution in [2.24, 2.45) is 5.41 Å². The maximum atomic E-state index is 5.44. The Balaban J connectivity index is 1.48. The van der Waals surface area contributed by atoms with Gasteiger partial charge in [-0.3, -0.25) is 0 Å². The van der Waals surface area contributed by atoms with Crippen molar-refractivity contribution in [1.29, 1.82) is 0 Å². The SMILES string of the molecule is CC(C)(C)Cc1nc(-c2ccc(-c3nc(N4CCNCC4)no3)cc2)no1. The molecule has 1 aromatic carbocycles. The lowest BCUT2D eigenvalue weighted by Gasteiger charge is -2.25. The minimum absolute atomic E-state index is 0.105. The van der Waals surface area contributed by atoms with E-state index in [1.807, 2.05) is 24.3 Å². The lowest BCUT2D eigenvalue weighted by atomic mass is 9.92. The highest BCUT2D eigenvalue weighted by molar-refractivity contribution is 5.62. The maximum Gasteiger partial charge on any atom is 0.266 e. The molecule has 8 heteroatoms. The van der Waals surface area contributed by atoms with Gasteiger partial charge in [-0.2, -0.15) is 9.97 Å². The second kappa shape index (κ2) is 7.11. The molecule has 3 aromatic rings. The first kappa shape index (κ1) is 17.7. The molecule has 3 heterocycles. The number of nitrogens with zero attached hydrogens (tertiary/aromatic N) is 5. The molecule has 142 valence electrons. The van der Waals surface area contributed by atoms with Crippen LogP contribution in [0.3, 0.4) is 0 Å². The van der Waals surface area contributed by atoms with Crippen molar-refractivity contribution in [1.82, 2.24) is 25.6 Å². The van der Waals surface area contributed by atoms with Crippen molar-refractivity contribution in [3.05, 3.63) is 30.2 Å². The van der Waals surface area contributed by atoms with Crippen LogP contribution in [0.1, 0.15) is 26.7 Å². The predicted octanol–water partition coefficient (Wildman–Crippen LogP) is 2.78. The third kappa shape index (κ3) is 4.16. The summed E-state index contributed by atoms with van der Waals surface area (Å²) in [5, 5.41) is 11.5. The number of hydrogen-bond donors (Lipinski definition) is 1. The van der Waals surface area contributed by atoms with Crippen molar-refractivity contribution < 1.29 is 9.05 Å². The first-order valence-electron chi connectivity index (χ1n) is 9.21. The average Bonchev–Trinajstić information content (AvgIpc) is 3.31. The Morgan fingerprint density at radius 2 is 1.67 bits per heavy atom. The Labute approximate surface area is 158 Å². The van der Waals surface area contributed by atoms with Crippen LogP contribution in [0.2, 0.25) is 0 Å². The third-order valence-electron chi connectivity index (χ3n) is 4.35. The zero-order valence-electron chi connectivity index (χ0n) is 15.9. The molecule has 0 unspecified atom stereocenters. The van der Waals surface area contributed by atoms with Crippen molar-refractivity contribution in [2.45, 2.75) is 27.2 Å². The smallest absolute Gasteiger partial charge is 0.266 e. The van der Waals surface area contributed by atoms with Crippen LogP contribution in [-0.4, -0.2) is 46.5 Å². The molecule has 0 spiro atoms. The standard InChI is InChI=1S/C19H24N6O2/c1-19(2,3)12-15-21-16(23-26-15)13-4-6-14(7-5-13)17-22-18(24-27-17)25-10-8-20-9-11-25/h4-7,20H,8-12H2,1-3H3. The first-order valence-corrected chi connectivity index (χ1v) is 9.21. The zero-order valence-corrected chi connectivity index (χ0v) is 15.9. The molecular formula is C19H24N6O2. The van der Waals surface area contributed by atoms with Gasteiger partial charge in [0.15, 0.2) is 0 Å². The second-order valence-electron chi connectivity index (χ2n) is 7.96. The second-order valence-corrected chi connectivity index (χ2v) is 7.96. The van der Waals surface area contributed by atoms with Gasteiger partial charge in [-0.25, -0.2) is 0 Å². The van der Waals surface area contributed by atoms with E-state index >= 15 is 0 Å². The molecule has 1 aliphatic heterocycles. The van der Waals surface area contributed by atoms with Gasteiger partial charge in [0, 0.05) is 43.7 Å². The fourth-order valence-electron chi connectivity index (χ4n) is 2.99. The van der Waals surface area contributed by atoms with E-state index in [4.69, 9.17) is 9.05 Å². The van der Waals surface area contributed by atoms with Gasteiger partial charge in [-0.05, 0) is 22.7 Å². The van der Waals surface area contributed by atoms with Crippen LogP contribution in [0, 0.1) is 5.41 Å². The third-order valence-corrected chi connectivity index (χ3v) is 4.35. The number of anilines is 1. The van der Waals surface area contributed by atoms with Gasteiger partial charge in [0.2, 0.25) is 11.7 Å². The largest absolute Gasteiger partial charge is 0.339 e. The fourth-order valence-corrected chi connectivity index (χ4v) is 2.99. The molecule has 4 rings (SSSR count). The minimum Gasteiger partial charge on any atom is -0.339 e. The van der Waals surface area contributed by atoms with Crippen LogP contribution >= 0.6 is 0 Å². The molecule has 27 heavy (non-hydrogen) atoms. The summed E-state index contributed by atoms with van der Waals surface area (Å²) < 4.78 is 10.8. The molecule has 2 aromatic heterocycles. The van der Waals surface area contributed by atoms with Gasteiger partial charge in [-0.15, -0.1) is 0 Å². The van der Waals surface area contributed by atoms with Crippen LogP contribution in [0.25, 0.3) is 22.8 Å². The van der Waals surface area contributed by atoms with E-state index in [0.29, 0.717) is 23.6 Å². The lowest BCUT2D eigenvalue weighted by Crippen LogP contribution is -2.44. The maximum absolute atomic E-state index is 5.44. The number of rotatable bonds is 4. The van der Waals surface area contributed by atoms with Gasteiger partial charge in [-0.1, -0.05) is 38.1 Å². The molecule has 1 aliphatic rings. The van der Waals surface area contributed by atoms with Gasteiger partial charge < -0.3 is 19.3 Å². The molecular weight excluding hydrogens is 344 g/mol. The number of aromatic nitrogens is 4. The minimum atomic E-state index is 0.105. The van der Waals surface area contributed by atoms with Crippen molar-refractivity contribution >= 4 is 5.95 Å². The van der Waals surface area contributed by atoms with E-state index in [1.54, 1.807) is 0 Å². The number of hydrogen-bond acceptors (Lipinski definition) is 8. The van der Waals surface area contributed by atoms with E-state index in [2.05, 4.69) is 51.3 Å². The Morgan fingerprint density at radius 3 is 2.37 bits per heavy atom. The normalized spacial score (nSPS) is 15.3. The van der Waals surface area contributed by atoms with Crippen LogP contribution < -0.4 is 10.2 Å². The molecule has 0 bridgehead atoms. The zero-order chi connectivity index (χ0) is 18.9. The van der Waals surface area contributed by atoms with E-state index in [1.165, 1.54) is 0 Å². The number of piperazine rings is 1. The van der Waals surface area contributed by atoms with E-state index in [-0.39, 0.29) is 5.41 Å². The molecule has 0 aliphatic carbocycles. The summed E-state index contributed by atoms with van der Waals surface area (Å²) in [6, 6.07) is 7.75. The van der Waals surface area contributed by atoms with Crippen molar-refractivity contribution in [3.8, 4) is 22.8 Å². The first-order chi connectivity index (χ1) is 13.0. The highest BCUT2D eigenvalue weighted by atomic mass is 16.5. The van der Waals surface area contributed by atoms with Crippen molar-refractivity contribution in [2.75, 3.05) is 31.1 Å². The summed E-state index contributed by atoms with van der Waals surface area (Å²) in [4.78, 5) is 11.1.